The SMILES string of the molecule is Cc1ccc2cc(C)c(N/N=C/c3ccc(Cl)c([N+](=O)[O-])c3)nc2c1. The van der Waals surface area contributed by atoms with Crippen molar-refractivity contribution in [1.29, 1.82) is 0 Å². The highest BCUT2D eigenvalue weighted by molar-refractivity contribution is 6.32. The average Bonchev–Trinajstić information content (AvgIpc) is 2.57. The quantitative estimate of drug-likeness (QED) is 0.412. The number of aromatic nitrogens is 1. The second kappa shape index (κ2) is 6.86. The fourth-order valence-corrected chi connectivity index (χ4v) is 2.60. The summed E-state index contributed by atoms with van der Waals surface area (Å²) in [4.78, 5) is 15.0. The van der Waals surface area contributed by atoms with Crippen LogP contribution in [0.1, 0.15) is 16.7 Å². The Hall–Kier alpha value is -2.99. The molecule has 0 aliphatic carbocycles. The molecule has 0 unspecified atom stereocenters. The molecule has 0 fully saturated rings. The Bertz CT molecular complexity index is 1000. The molecule has 2 aromatic carbocycles. The van der Waals surface area contributed by atoms with Crippen LogP contribution >= 0.6 is 11.6 Å². The molecule has 0 bridgehead atoms. The minimum atomic E-state index is -0.523. The van der Waals surface area contributed by atoms with E-state index in [1.165, 1.54) is 18.3 Å². The van der Waals surface area contributed by atoms with Gasteiger partial charge in [-0.3, -0.25) is 15.5 Å². The minimum Gasteiger partial charge on any atom is -0.261 e. The van der Waals surface area contributed by atoms with Crippen LogP contribution in [0, 0.1) is 24.0 Å². The zero-order chi connectivity index (χ0) is 18.0. The summed E-state index contributed by atoms with van der Waals surface area (Å²) in [6, 6.07) is 12.6. The molecule has 25 heavy (non-hydrogen) atoms. The first-order valence-electron chi connectivity index (χ1n) is 7.55. The molecule has 0 radical (unpaired) electrons. The van der Waals surface area contributed by atoms with Crippen molar-refractivity contribution < 1.29 is 4.92 Å². The molecule has 0 saturated carbocycles. The van der Waals surface area contributed by atoms with Crippen molar-refractivity contribution in [2.45, 2.75) is 13.8 Å². The lowest BCUT2D eigenvalue weighted by Gasteiger charge is -2.07. The number of hydrogen-bond acceptors (Lipinski definition) is 5. The zero-order valence-corrected chi connectivity index (χ0v) is 14.4. The van der Waals surface area contributed by atoms with Gasteiger partial charge in [-0.15, -0.1) is 0 Å². The van der Waals surface area contributed by atoms with Gasteiger partial charge in [0.25, 0.3) is 5.69 Å². The van der Waals surface area contributed by atoms with Gasteiger partial charge >= 0.3 is 0 Å². The first-order chi connectivity index (χ1) is 11.9. The summed E-state index contributed by atoms with van der Waals surface area (Å²) in [5.41, 5.74) is 6.27. The molecule has 3 aromatic rings. The van der Waals surface area contributed by atoms with Crippen LogP contribution in [0.5, 0.6) is 0 Å². The predicted molar refractivity (Wildman–Crippen MR) is 101 cm³/mol. The number of fused-ring (bicyclic) bond motifs is 1. The molecular formula is C18H15ClN4O2. The van der Waals surface area contributed by atoms with Crippen LogP contribution in [-0.2, 0) is 0 Å². The Morgan fingerprint density at radius 2 is 2.00 bits per heavy atom. The Labute approximate surface area is 149 Å². The lowest BCUT2D eigenvalue weighted by molar-refractivity contribution is -0.384. The van der Waals surface area contributed by atoms with Gasteiger partial charge in [-0.05, 0) is 43.2 Å². The second-order valence-corrected chi connectivity index (χ2v) is 6.10. The number of nitrogens with one attached hydrogen (secondary N) is 1. The maximum atomic E-state index is 10.9. The van der Waals surface area contributed by atoms with E-state index in [1.807, 2.05) is 38.1 Å². The highest BCUT2D eigenvalue weighted by atomic mass is 35.5. The van der Waals surface area contributed by atoms with Gasteiger partial charge in [-0.2, -0.15) is 5.10 Å². The number of rotatable bonds is 4. The van der Waals surface area contributed by atoms with E-state index in [1.54, 1.807) is 6.07 Å². The van der Waals surface area contributed by atoms with Crippen LogP contribution in [0.15, 0.2) is 47.6 Å². The van der Waals surface area contributed by atoms with Gasteiger partial charge in [-0.25, -0.2) is 4.98 Å². The van der Waals surface area contributed by atoms with E-state index in [0.29, 0.717) is 11.4 Å². The summed E-state index contributed by atoms with van der Waals surface area (Å²) in [6.07, 6.45) is 1.49. The summed E-state index contributed by atoms with van der Waals surface area (Å²) in [5.74, 6) is 0.637. The summed E-state index contributed by atoms with van der Waals surface area (Å²) in [7, 11) is 0. The standard InChI is InChI=1S/C18H15ClN4O2/c1-11-3-5-14-8-12(2)18(21-16(14)7-11)22-20-10-13-4-6-15(19)17(9-13)23(24)25/h3-10H,1-2H3,(H,21,22)/b20-10+. The van der Waals surface area contributed by atoms with Gasteiger partial charge in [0.2, 0.25) is 0 Å². The summed E-state index contributed by atoms with van der Waals surface area (Å²) in [6.45, 7) is 3.96. The van der Waals surface area contributed by atoms with Gasteiger partial charge in [-0.1, -0.05) is 29.8 Å². The van der Waals surface area contributed by atoms with Gasteiger partial charge < -0.3 is 0 Å². The molecule has 1 aromatic heterocycles. The van der Waals surface area contributed by atoms with Gasteiger partial charge in [0.15, 0.2) is 0 Å². The first kappa shape index (κ1) is 16.9. The highest BCUT2D eigenvalue weighted by Crippen LogP contribution is 2.24. The lowest BCUT2D eigenvalue weighted by Crippen LogP contribution is -1.98. The third kappa shape index (κ3) is 3.75. The number of nitro benzene ring substituents is 1. The van der Waals surface area contributed by atoms with Crippen molar-refractivity contribution in [2.75, 3.05) is 5.43 Å². The molecule has 0 atom stereocenters. The third-order valence-corrected chi connectivity index (χ3v) is 4.03. The number of nitrogens with zero attached hydrogens (tertiary/aromatic N) is 3. The fraction of sp³-hybridized carbons (Fsp3) is 0.111. The minimum absolute atomic E-state index is 0.0949. The van der Waals surface area contributed by atoms with E-state index in [4.69, 9.17) is 11.6 Å². The lowest BCUT2D eigenvalue weighted by atomic mass is 10.1. The van der Waals surface area contributed by atoms with Crippen LogP contribution < -0.4 is 5.43 Å². The van der Waals surface area contributed by atoms with Crippen molar-refractivity contribution in [1.82, 2.24) is 4.98 Å². The summed E-state index contributed by atoms with van der Waals surface area (Å²) < 4.78 is 0. The van der Waals surface area contributed by atoms with Crippen LogP contribution in [0.2, 0.25) is 5.02 Å². The molecule has 0 aliphatic rings. The molecule has 7 heteroatoms. The number of anilines is 1. The molecule has 126 valence electrons. The number of nitro groups is 1. The van der Waals surface area contributed by atoms with Crippen LogP contribution in [0.3, 0.4) is 0 Å². The van der Waals surface area contributed by atoms with Gasteiger partial charge in [0.1, 0.15) is 10.8 Å². The number of hydrogen-bond donors (Lipinski definition) is 1. The van der Waals surface area contributed by atoms with Gasteiger partial charge in [0.05, 0.1) is 16.7 Å². The third-order valence-electron chi connectivity index (χ3n) is 3.71. The Balaban J connectivity index is 1.85. The normalized spacial score (nSPS) is 11.2. The number of benzene rings is 2. The van der Waals surface area contributed by atoms with Crippen molar-refractivity contribution in [2.24, 2.45) is 5.10 Å². The molecular weight excluding hydrogens is 340 g/mol. The van der Waals surface area contributed by atoms with Crippen LogP contribution in [-0.4, -0.2) is 16.1 Å². The molecule has 3 rings (SSSR count). The number of halogens is 1. The van der Waals surface area contributed by atoms with E-state index < -0.39 is 4.92 Å². The van der Waals surface area contributed by atoms with E-state index in [-0.39, 0.29) is 10.7 Å². The molecule has 6 nitrogen and oxygen atoms in total. The predicted octanol–water partition coefficient (Wildman–Crippen LogP) is 4.86. The smallest absolute Gasteiger partial charge is 0.261 e. The zero-order valence-electron chi connectivity index (χ0n) is 13.7. The monoisotopic (exact) mass is 354 g/mol. The van der Waals surface area contributed by atoms with Crippen molar-refractivity contribution in [3.8, 4) is 0 Å². The first-order valence-corrected chi connectivity index (χ1v) is 7.93. The number of aryl methyl sites for hydroxylation is 2. The van der Waals surface area contributed by atoms with Gasteiger partial charge in [0, 0.05) is 17.0 Å². The molecule has 0 spiro atoms. The van der Waals surface area contributed by atoms with Crippen molar-refractivity contribution in [3.63, 3.8) is 0 Å². The van der Waals surface area contributed by atoms with E-state index in [0.717, 1.165) is 22.0 Å². The summed E-state index contributed by atoms with van der Waals surface area (Å²) >= 11 is 5.80. The van der Waals surface area contributed by atoms with Crippen LogP contribution in [0.4, 0.5) is 11.5 Å². The molecule has 1 N–H and O–H groups in total. The highest BCUT2D eigenvalue weighted by Gasteiger charge is 2.11. The summed E-state index contributed by atoms with van der Waals surface area (Å²) in [5, 5.41) is 16.2. The Morgan fingerprint density at radius 1 is 1.20 bits per heavy atom. The van der Waals surface area contributed by atoms with Crippen molar-refractivity contribution >= 4 is 40.2 Å². The largest absolute Gasteiger partial charge is 0.288 e. The molecule has 0 aliphatic heterocycles. The van der Waals surface area contributed by atoms with Crippen LogP contribution in [0.25, 0.3) is 10.9 Å². The average molecular weight is 355 g/mol. The van der Waals surface area contributed by atoms with Crippen molar-refractivity contribution in [3.05, 3.63) is 74.3 Å². The topological polar surface area (TPSA) is 80.4 Å². The second-order valence-electron chi connectivity index (χ2n) is 5.69. The Kier molecular flexibility index (Phi) is 4.63. The maximum absolute atomic E-state index is 10.9. The van der Waals surface area contributed by atoms with E-state index in [2.05, 4.69) is 15.5 Å². The van der Waals surface area contributed by atoms with E-state index in [9.17, 15) is 10.1 Å². The Morgan fingerprint density at radius 3 is 2.76 bits per heavy atom. The van der Waals surface area contributed by atoms with E-state index >= 15 is 0 Å². The molecule has 0 amide bonds. The number of pyridine rings is 1. The fourth-order valence-electron chi connectivity index (χ4n) is 2.41. The number of hydrazone groups is 1. The molecule has 1 heterocycles. The maximum Gasteiger partial charge on any atom is 0.288 e. The molecule has 0 saturated heterocycles.